The molecule has 0 fully saturated rings. The average molecular weight is 393 g/mol. The molecule has 1 atom stereocenters. The highest BCUT2D eigenvalue weighted by Crippen LogP contribution is 2.54. The minimum atomic E-state index is -0.0522. The fraction of sp³-hybridized carbons (Fsp3) is 0.304. The van der Waals surface area contributed by atoms with Gasteiger partial charge in [0.2, 0.25) is 6.79 Å². The van der Waals surface area contributed by atoms with Crippen molar-refractivity contribution in [3.05, 3.63) is 42.0 Å². The molecule has 1 N–H and O–H groups in total. The number of aliphatic hydroxyl groups excluding tert-OH is 1. The molecule has 2 heterocycles. The van der Waals surface area contributed by atoms with E-state index in [4.69, 9.17) is 18.9 Å². The maximum Gasteiger partial charge on any atom is 0.231 e. The van der Waals surface area contributed by atoms with Gasteiger partial charge in [-0.3, -0.25) is 0 Å². The first-order valence-corrected chi connectivity index (χ1v) is 9.63. The van der Waals surface area contributed by atoms with Crippen LogP contribution in [0.4, 0.5) is 5.69 Å². The summed E-state index contributed by atoms with van der Waals surface area (Å²) in [7, 11) is 5.36. The van der Waals surface area contributed by atoms with Crippen molar-refractivity contribution in [3.63, 3.8) is 0 Å². The average Bonchev–Trinajstić information content (AvgIpc) is 3.20. The van der Waals surface area contributed by atoms with Crippen molar-refractivity contribution in [2.45, 2.75) is 12.5 Å². The van der Waals surface area contributed by atoms with Crippen LogP contribution >= 0.6 is 0 Å². The largest absolute Gasteiger partial charge is 0.493 e. The zero-order chi connectivity index (χ0) is 20.1. The molecule has 0 saturated carbocycles. The summed E-state index contributed by atoms with van der Waals surface area (Å²) in [4.78, 5) is 2.22. The van der Waals surface area contributed by atoms with E-state index in [0.29, 0.717) is 17.9 Å². The summed E-state index contributed by atoms with van der Waals surface area (Å²) in [6.45, 7) is 0.317. The van der Waals surface area contributed by atoms with Gasteiger partial charge < -0.3 is 29.0 Å². The van der Waals surface area contributed by atoms with Gasteiger partial charge in [-0.25, -0.2) is 0 Å². The quantitative estimate of drug-likeness (QED) is 0.719. The van der Waals surface area contributed by atoms with E-state index in [2.05, 4.69) is 36.2 Å². The van der Waals surface area contributed by atoms with Crippen LogP contribution in [0.5, 0.6) is 23.0 Å². The Labute approximate surface area is 169 Å². The van der Waals surface area contributed by atoms with Crippen LogP contribution in [0.3, 0.4) is 0 Å². The summed E-state index contributed by atoms with van der Waals surface area (Å²) in [5.74, 6) is 2.94. The molecular formula is C23H23NO5. The molecule has 3 aromatic carbocycles. The van der Waals surface area contributed by atoms with E-state index >= 15 is 0 Å². The predicted octanol–water partition coefficient (Wildman–Crippen LogP) is 4.13. The molecule has 6 nitrogen and oxygen atoms in total. The summed E-state index contributed by atoms with van der Waals surface area (Å²) >= 11 is 0. The number of nitrogens with zero attached hydrogens (tertiary/aromatic N) is 1. The fourth-order valence-corrected chi connectivity index (χ4v) is 4.62. The number of hydrogen-bond acceptors (Lipinski definition) is 6. The third-order valence-electron chi connectivity index (χ3n) is 5.91. The highest BCUT2D eigenvalue weighted by molar-refractivity contribution is 6.05. The third kappa shape index (κ3) is 2.52. The van der Waals surface area contributed by atoms with Crippen LogP contribution < -0.4 is 23.8 Å². The lowest BCUT2D eigenvalue weighted by Crippen LogP contribution is -2.30. The number of rotatable bonds is 4. The van der Waals surface area contributed by atoms with Crippen LogP contribution in [0.2, 0.25) is 0 Å². The second-order valence-corrected chi connectivity index (χ2v) is 7.29. The van der Waals surface area contributed by atoms with Crippen molar-refractivity contribution in [1.29, 1.82) is 0 Å². The second kappa shape index (κ2) is 6.74. The van der Waals surface area contributed by atoms with Gasteiger partial charge in [0.05, 0.1) is 25.9 Å². The molecule has 0 aliphatic carbocycles. The second-order valence-electron chi connectivity index (χ2n) is 7.29. The molecule has 0 spiro atoms. The molecule has 0 saturated heterocycles. The number of ether oxygens (including phenoxy) is 4. The first-order chi connectivity index (χ1) is 14.2. The van der Waals surface area contributed by atoms with Gasteiger partial charge in [-0.1, -0.05) is 12.1 Å². The van der Waals surface area contributed by atoms with Crippen LogP contribution in [-0.2, 0) is 0 Å². The third-order valence-corrected chi connectivity index (χ3v) is 5.91. The monoisotopic (exact) mass is 393 g/mol. The van der Waals surface area contributed by atoms with Crippen LogP contribution in [0.25, 0.3) is 21.9 Å². The van der Waals surface area contributed by atoms with Crippen molar-refractivity contribution in [1.82, 2.24) is 0 Å². The summed E-state index contributed by atoms with van der Waals surface area (Å²) in [6, 6.07) is 12.3. The Kier molecular flexibility index (Phi) is 4.17. The summed E-state index contributed by atoms with van der Waals surface area (Å²) in [6.07, 6.45) is 0.577. The fourth-order valence-electron chi connectivity index (χ4n) is 4.62. The molecule has 0 amide bonds. The van der Waals surface area contributed by atoms with E-state index in [-0.39, 0.29) is 19.4 Å². The van der Waals surface area contributed by atoms with E-state index in [1.54, 1.807) is 14.2 Å². The van der Waals surface area contributed by atoms with E-state index in [1.807, 2.05) is 12.1 Å². The van der Waals surface area contributed by atoms with E-state index in [0.717, 1.165) is 44.6 Å². The van der Waals surface area contributed by atoms with Gasteiger partial charge in [-0.05, 0) is 41.6 Å². The molecule has 5 rings (SSSR count). The highest BCUT2D eigenvalue weighted by atomic mass is 16.7. The zero-order valence-electron chi connectivity index (χ0n) is 16.7. The van der Waals surface area contributed by atoms with Gasteiger partial charge >= 0.3 is 0 Å². The van der Waals surface area contributed by atoms with Gasteiger partial charge in [-0.15, -0.1) is 0 Å². The van der Waals surface area contributed by atoms with Gasteiger partial charge in [0.15, 0.2) is 23.0 Å². The lowest BCUT2D eigenvalue weighted by Gasteiger charge is -2.39. The smallest absolute Gasteiger partial charge is 0.231 e. The number of benzene rings is 3. The van der Waals surface area contributed by atoms with E-state index in [9.17, 15) is 5.11 Å². The Morgan fingerprint density at radius 2 is 1.79 bits per heavy atom. The standard InChI is InChI=1S/C23H23NO5/c1-24-17(8-9-25)21-14(6-7-18(26-2)23(21)27-3)15-5-4-13-10-19-20(29-12-28-19)11-16(13)22(15)24/h4-7,10-11,17,25H,8-9,12H2,1-3H3. The van der Waals surface area contributed by atoms with Crippen molar-refractivity contribution < 1.29 is 24.1 Å². The van der Waals surface area contributed by atoms with E-state index < -0.39 is 0 Å². The van der Waals surface area contributed by atoms with Crippen molar-refractivity contribution in [2.75, 3.05) is 39.6 Å². The Morgan fingerprint density at radius 3 is 2.52 bits per heavy atom. The summed E-state index contributed by atoms with van der Waals surface area (Å²) in [5, 5.41) is 12.0. The minimum absolute atomic E-state index is 0.0522. The van der Waals surface area contributed by atoms with Crippen molar-refractivity contribution in [2.24, 2.45) is 0 Å². The molecular weight excluding hydrogens is 370 g/mol. The molecule has 0 bridgehead atoms. The molecule has 0 radical (unpaired) electrons. The van der Waals surface area contributed by atoms with Gasteiger partial charge in [0, 0.05) is 30.2 Å². The van der Waals surface area contributed by atoms with Gasteiger partial charge in [-0.2, -0.15) is 0 Å². The number of hydrogen-bond donors (Lipinski definition) is 1. The van der Waals surface area contributed by atoms with Crippen LogP contribution in [0, 0.1) is 0 Å². The highest BCUT2D eigenvalue weighted by Gasteiger charge is 2.34. The van der Waals surface area contributed by atoms with E-state index in [1.165, 1.54) is 0 Å². The maximum absolute atomic E-state index is 9.80. The molecule has 3 aromatic rings. The van der Waals surface area contributed by atoms with Crippen LogP contribution in [-0.4, -0.2) is 39.8 Å². The normalized spacial score (nSPS) is 16.6. The zero-order valence-corrected chi connectivity index (χ0v) is 16.7. The lowest BCUT2D eigenvalue weighted by molar-refractivity contribution is 0.174. The topological polar surface area (TPSA) is 60.4 Å². The molecule has 150 valence electrons. The number of anilines is 1. The number of aliphatic hydroxyl groups is 1. The summed E-state index contributed by atoms with van der Waals surface area (Å²) in [5.41, 5.74) is 4.35. The maximum atomic E-state index is 9.80. The molecule has 0 aromatic heterocycles. The van der Waals surface area contributed by atoms with Gasteiger partial charge in [0.25, 0.3) is 0 Å². The first kappa shape index (κ1) is 17.9. The SMILES string of the molecule is COc1ccc2c(c1OC)C(CCO)N(C)c1c-2ccc2cc3c(cc12)OCO3. The molecule has 2 aliphatic heterocycles. The summed E-state index contributed by atoms with van der Waals surface area (Å²) < 4.78 is 22.5. The molecule has 2 aliphatic rings. The Bertz CT molecular complexity index is 1110. The lowest BCUT2D eigenvalue weighted by atomic mass is 9.84. The molecule has 6 heteroatoms. The Balaban J connectivity index is 1.83. The predicted molar refractivity (Wildman–Crippen MR) is 111 cm³/mol. The number of fused-ring (bicyclic) bond motifs is 6. The first-order valence-electron chi connectivity index (χ1n) is 9.63. The van der Waals surface area contributed by atoms with Gasteiger partial charge in [0.1, 0.15) is 0 Å². The molecule has 1 unspecified atom stereocenters. The van der Waals surface area contributed by atoms with Crippen molar-refractivity contribution in [3.8, 4) is 34.1 Å². The Morgan fingerprint density at radius 1 is 1.03 bits per heavy atom. The minimum Gasteiger partial charge on any atom is -0.493 e. The number of methoxy groups -OCH3 is 2. The molecule has 29 heavy (non-hydrogen) atoms. The van der Waals surface area contributed by atoms with Crippen LogP contribution in [0.1, 0.15) is 18.0 Å². The van der Waals surface area contributed by atoms with Crippen LogP contribution in [0.15, 0.2) is 36.4 Å². The van der Waals surface area contributed by atoms with Crippen molar-refractivity contribution >= 4 is 16.5 Å². The Hall–Kier alpha value is -3.12.